The van der Waals surface area contributed by atoms with Gasteiger partial charge in [0.15, 0.2) is 0 Å². The second-order valence-corrected chi connectivity index (χ2v) is 4.06. The summed E-state index contributed by atoms with van der Waals surface area (Å²) in [6.45, 7) is 4.40. The number of rotatable bonds is 6. The van der Waals surface area contributed by atoms with Crippen LogP contribution in [0.1, 0.15) is 25.7 Å². The highest BCUT2D eigenvalue weighted by molar-refractivity contribution is 5.94. The molecule has 1 aliphatic rings. The first-order chi connectivity index (χ1) is 8.13. The van der Waals surface area contributed by atoms with Gasteiger partial charge in [0.2, 0.25) is 5.91 Å². The molecule has 0 aromatic carbocycles. The molecule has 0 aromatic heterocycles. The van der Waals surface area contributed by atoms with Crippen molar-refractivity contribution in [2.24, 2.45) is 0 Å². The van der Waals surface area contributed by atoms with Crippen molar-refractivity contribution in [3.05, 3.63) is 12.2 Å². The lowest BCUT2D eigenvalue weighted by Crippen LogP contribution is -2.35. The molecule has 17 heavy (non-hydrogen) atoms. The molecule has 1 saturated carbocycles. The third kappa shape index (κ3) is 4.99. The topological polar surface area (TPSA) is 64.6 Å². The Morgan fingerprint density at radius 1 is 1.47 bits per heavy atom. The molecular formula is C12H19NO4. The Labute approximate surface area is 101 Å². The molecule has 1 N–H and O–H groups in total. The number of ether oxygens (including phenoxy) is 2. The van der Waals surface area contributed by atoms with Crippen LogP contribution in [0.5, 0.6) is 0 Å². The molecule has 0 radical (unpaired) electrons. The molecule has 1 rings (SSSR count). The van der Waals surface area contributed by atoms with E-state index in [4.69, 9.17) is 9.47 Å². The van der Waals surface area contributed by atoms with Crippen LogP contribution in [0.3, 0.4) is 0 Å². The Hall–Kier alpha value is -1.36. The predicted octanol–water partition coefficient (Wildman–Crippen LogP) is 0.791. The summed E-state index contributed by atoms with van der Waals surface area (Å²) in [5.41, 5.74) is 1.03. The minimum absolute atomic E-state index is 0.0225. The van der Waals surface area contributed by atoms with E-state index < -0.39 is 5.97 Å². The zero-order valence-electron chi connectivity index (χ0n) is 10.2. The maximum Gasteiger partial charge on any atom is 0.315 e. The first kappa shape index (κ1) is 13.7. The van der Waals surface area contributed by atoms with Gasteiger partial charge in [-0.1, -0.05) is 12.2 Å². The molecule has 1 unspecified atom stereocenters. The molecule has 5 nitrogen and oxygen atoms in total. The SMILES string of the molecule is C=C1CCCC1NC(=O)CC(=O)OCCOC. The average Bonchev–Trinajstić information content (AvgIpc) is 2.64. The Balaban J connectivity index is 2.20. The van der Waals surface area contributed by atoms with Crippen molar-refractivity contribution in [1.82, 2.24) is 5.32 Å². The van der Waals surface area contributed by atoms with Gasteiger partial charge in [0.05, 0.1) is 6.61 Å². The largest absolute Gasteiger partial charge is 0.463 e. The highest BCUT2D eigenvalue weighted by Gasteiger charge is 2.22. The number of methoxy groups -OCH3 is 1. The number of carbonyl (C=O) groups excluding carboxylic acids is 2. The number of carbonyl (C=O) groups is 2. The molecule has 1 aliphatic carbocycles. The smallest absolute Gasteiger partial charge is 0.315 e. The Kier molecular flexibility index (Phi) is 5.69. The van der Waals surface area contributed by atoms with Gasteiger partial charge in [-0.25, -0.2) is 0 Å². The number of hydrogen-bond donors (Lipinski definition) is 1. The standard InChI is InChI=1S/C12H19NO4/c1-9-4-3-5-10(9)13-11(14)8-12(15)17-7-6-16-2/h10H,1,3-8H2,2H3,(H,13,14). The first-order valence-corrected chi connectivity index (χ1v) is 5.75. The normalized spacial score (nSPS) is 19.1. The Bertz CT molecular complexity index is 301. The molecule has 0 aliphatic heterocycles. The van der Waals surface area contributed by atoms with Gasteiger partial charge in [-0.2, -0.15) is 0 Å². The minimum atomic E-state index is -0.525. The third-order valence-electron chi connectivity index (χ3n) is 2.67. The van der Waals surface area contributed by atoms with Gasteiger partial charge in [-0.3, -0.25) is 9.59 Å². The summed E-state index contributed by atoms with van der Waals surface area (Å²) in [6.07, 6.45) is 2.65. The van der Waals surface area contributed by atoms with Gasteiger partial charge in [0, 0.05) is 13.2 Å². The van der Waals surface area contributed by atoms with Crippen LogP contribution in [0.15, 0.2) is 12.2 Å². The summed E-state index contributed by atoms with van der Waals surface area (Å²) in [5, 5.41) is 2.78. The number of amides is 1. The Morgan fingerprint density at radius 3 is 2.82 bits per heavy atom. The van der Waals surface area contributed by atoms with Crippen LogP contribution in [0.2, 0.25) is 0 Å². The van der Waals surface area contributed by atoms with Crippen LogP contribution in [0.25, 0.3) is 0 Å². The third-order valence-corrected chi connectivity index (χ3v) is 2.67. The second kappa shape index (κ2) is 7.06. The van der Waals surface area contributed by atoms with Crippen molar-refractivity contribution < 1.29 is 19.1 Å². The van der Waals surface area contributed by atoms with E-state index in [1.165, 1.54) is 7.11 Å². The summed E-state index contributed by atoms with van der Waals surface area (Å²) in [6, 6.07) is 0.0225. The fourth-order valence-electron chi connectivity index (χ4n) is 1.75. The number of esters is 1. The van der Waals surface area contributed by atoms with Crippen molar-refractivity contribution >= 4 is 11.9 Å². The number of hydrogen-bond acceptors (Lipinski definition) is 4. The van der Waals surface area contributed by atoms with E-state index in [9.17, 15) is 9.59 Å². The summed E-state index contributed by atoms with van der Waals surface area (Å²) in [4.78, 5) is 22.7. The molecule has 0 heterocycles. The molecule has 1 amide bonds. The van der Waals surface area contributed by atoms with E-state index in [1.54, 1.807) is 0 Å². The average molecular weight is 241 g/mol. The van der Waals surface area contributed by atoms with Gasteiger partial charge in [-0.15, -0.1) is 0 Å². The van der Waals surface area contributed by atoms with E-state index >= 15 is 0 Å². The Morgan fingerprint density at radius 2 is 2.24 bits per heavy atom. The van der Waals surface area contributed by atoms with E-state index in [-0.39, 0.29) is 25.0 Å². The van der Waals surface area contributed by atoms with Crippen molar-refractivity contribution in [3.8, 4) is 0 Å². The van der Waals surface area contributed by atoms with Crippen LogP contribution < -0.4 is 5.32 Å². The van der Waals surface area contributed by atoms with Crippen molar-refractivity contribution in [2.45, 2.75) is 31.7 Å². The maximum absolute atomic E-state index is 11.5. The van der Waals surface area contributed by atoms with Crippen molar-refractivity contribution in [2.75, 3.05) is 20.3 Å². The van der Waals surface area contributed by atoms with E-state index in [0.29, 0.717) is 6.61 Å². The van der Waals surface area contributed by atoms with Crippen LogP contribution >= 0.6 is 0 Å². The van der Waals surface area contributed by atoms with Crippen LogP contribution in [-0.4, -0.2) is 38.2 Å². The van der Waals surface area contributed by atoms with Gasteiger partial charge < -0.3 is 14.8 Å². The zero-order valence-corrected chi connectivity index (χ0v) is 10.2. The summed E-state index contributed by atoms with van der Waals surface area (Å²) >= 11 is 0. The summed E-state index contributed by atoms with van der Waals surface area (Å²) < 4.78 is 9.53. The lowest BCUT2D eigenvalue weighted by molar-refractivity contribution is -0.147. The van der Waals surface area contributed by atoms with Gasteiger partial charge in [-0.05, 0) is 19.3 Å². The molecule has 0 aromatic rings. The van der Waals surface area contributed by atoms with Gasteiger partial charge in [0.25, 0.3) is 0 Å². The maximum atomic E-state index is 11.5. The second-order valence-electron chi connectivity index (χ2n) is 4.06. The van der Waals surface area contributed by atoms with Crippen LogP contribution in [0, 0.1) is 0 Å². The highest BCUT2D eigenvalue weighted by Crippen LogP contribution is 2.22. The van der Waals surface area contributed by atoms with E-state index in [1.807, 2.05) is 0 Å². The molecule has 0 spiro atoms. The van der Waals surface area contributed by atoms with E-state index in [2.05, 4.69) is 11.9 Å². The molecule has 1 atom stereocenters. The lowest BCUT2D eigenvalue weighted by atomic mass is 10.2. The summed E-state index contributed by atoms with van der Waals surface area (Å²) in [7, 11) is 1.52. The summed E-state index contributed by atoms with van der Waals surface area (Å²) in [5.74, 6) is -0.830. The van der Waals surface area contributed by atoms with Gasteiger partial charge >= 0.3 is 5.97 Å². The lowest BCUT2D eigenvalue weighted by Gasteiger charge is -2.13. The molecule has 5 heteroatoms. The van der Waals surface area contributed by atoms with Crippen molar-refractivity contribution in [3.63, 3.8) is 0 Å². The quantitative estimate of drug-likeness (QED) is 0.323. The number of nitrogens with one attached hydrogen (secondary N) is 1. The zero-order chi connectivity index (χ0) is 12.7. The van der Waals surface area contributed by atoms with Crippen molar-refractivity contribution in [1.29, 1.82) is 0 Å². The van der Waals surface area contributed by atoms with Crippen LogP contribution in [-0.2, 0) is 19.1 Å². The van der Waals surface area contributed by atoms with Crippen LogP contribution in [0.4, 0.5) is 0 Å². The fraction of sp³-hybridized carbons (Fsp3) is 0.667. The highest BCUT2D eigenvalue weighted by atomic mass is 16.6. The minimum Gasteiger partial charge on any atom is -0.463 e. The van der Waals surface area contributed by atoms with Gasteiger partial charge in [0.1, 0.15) is 13.0 Å². The van der Waals surface area contributed by atoms with E-state index in [0.717, 1.165) is 24.8 Å². The molecule has 1 fully saturated rings. The molecule has 0 bridgehead atoms. The molecular weight excluding hydrogens is 222 g/mol. The fourth-order valence-corrected chi connectivity index (χ4v) is 1.75. The molecule has 0 saturated heterocycles. The first-order valence-electron chi connectivity index (χ1n) is 5.75. The predicted molar refractivity (Wildman–Crippen MR) is 62.4 cm³/mol. The molecule has 96 valence electrons. The monoisotopic (exact) mass is 241 g/mol.